The van der Waals surface area contributed by atoms with Gasteiger partial charge in [0.1, 0.15) is 0 Å². The molecule has 1 nitrogen and oxygen atoms in total. The molecular formula is C40H56O. The predicted octanol–water partition coefficient (Wildman–Crippen LogP) is 11.3. The van der Waals surface area contributed by atoms with E-state index in [1.165, 1.54) is 106 Å². The number of allylic oxidation sites excluding steroid dienone is 2. The summed E-state index contributed by atoms with van der Waals surface area (Å²) in [5.41, 5.74) is 8.81. The van der Waals surface area contributed by atoms with E-state index in [1.54, 1.807) is 12.5 Å². The van der Waals surface area contributed by atoms with Gasteiger partial charge < -0.3 is 0 Å². The molecule has 5 unspecified atom stereocenters. The minimum absolute atomic E-state index is 0.140. The largest absolute Gasteiger partial charge is 0.295 e. The fourth-order valence-corrected chi connectivity index (χ4v) is 9.07. The van der Waals surface area contributed by atoms with Crippen LogP contribution in [0.2, 0.25) is 0 Å². The molecule has 2 aromatic carbocycles. The van der Waals surface area contributed by atoms with Crippen LogP contribution < -0.4 is 0 Å². The highest BCUT2D eigenvalue weighted by Gasteiger charge is 2.34. The Labute approximate surface area is 251 Å². The summed E-state index contributed by atoms with van der Waals surface area (Å²) in [6.07, 6.45) is 19.5. The Morgan fingerprint density at radius 2 is 1.66 bits per heavy atom. The standard InChI is InChI=1S/C40H56O/c1-28(27-40(5)22-9-6-10-23-40)34-14-11-12-32(16-19-34)24-37-26-36-13-7-8-15-38(36)39(30(3)29(37)2)25-33-17-20-35(21-18-33)31(4)41/h7-8,13,15,17-18,20-21,28-29,32,34,37H,6,9-12,14,16,19,22-27H2,1-5H3. The Kier molecular flexibility index (Phi) is 9.93. The Morgan fingerprint density at radius 1 is 0.927 bits per heavy atom. The van der Waals surface area contributed by atoms with Gasteiger partial charge in [0, 0.05) is 5.56 Å². The topological polar surface area (TPSA) is 17.1 Å². The summed E-state index contributed by atoms with van der Waals surface area (Å²) in [6.45, 7) is 11.8. The number of hydrogen-bond donors (Lipinski definition) is 0. The number of benzene rings is 2. The molecule has 0 aromatic heterocycles. The van der Waals surface area contributed by atoms with E-state index in [0.29, 0.717) is 17.3 Å². The van der Waals surface area contributed by atoms with E-state index < -0.39 is 0 Å². The van der Waals surface area contributed by atoms with Crippen molar-refractivity contribution >= 4 is 11.4 Å². The minimum Gasteiger partial charge on any atom is -0.295 e. The summed E-state index contributed by atoms with van der Waals surface area (Å²) in [7, 11) is 0. The highest BCUT2D eigenvalue weighted by Crippen LogP contribution is 2.46. The normalized spacial score (nSPS) is 27.4. The van der Waals surface area contributed by atoms with E-state index in [0.717, 1.165) is 29.7 Å². The summed E-state index contributed by atoms with van der Waals surface area (Å²) in [5, 5.41) is 0. The molecular weight excluding hydrogens is 496 g/mol. The lowest BCUT2D eigenvalue weighted by Gasteiger charge is -2.38. The van der Waals surface area contributed by atoms with E-state index in [2.05, 4.69) is 64.1 Å². The quantitative estimate of drug-likeness (QED) is 0.235. The highest BCUT2D eigenvalue weighted by molar-refractivity contribution is 5.94. The third-order valence-corrected chi connectivity index (χ3v) is 11.9. The van der Waals surface area contributed by atoms with Crippen molar-refractivity contribution in [2.75, 3.05) is 0 Å². The van der Waals surface area contributed by atoms with Gasteiger partial charge in [-0.3, -0.25) is 4.79 Å². The lowest BCUT2D eigenvalue weighted by atomic mass is 9.68. The third kappa shape index (κ3) is 7.44. The van der Waals surface area contributed by atoms with Crippen molar-refractivity contribution < 1.29 is 4.79 Å². The number of ketones is 1. The van der Waals surface area contributed by atoms with Gasteiger partial charge in [0.15, 0.2) is 5.78 Å². The van der Waals surface area contributed by atoms with Gasteiger partial charge in [0.05, 0.1) is 0 Å². The molecule has 0 bridgehead atoms. The Morgan fingerprint density at radius 3 is 2.39 bits per heavy atom. The molecule has 0 heterocycles. The van der Waals surface area contributed by atoms with Crippen LogP contribution in [0.5, 0.6) is 0 Å². The average molecular weight is 553 g/mol. The molecule has 5 rings (SSSR count). The van der Waals surface area contributed by atoms with Crippen LogP contribution in [0.1, 0.15) is 139 Å². The van der Waals surface area contributed by atoms with Crippen LogP contribution in [0.25, 0.3) is 5.57 Å². The van der Waals surface area contributed by atoms with Crippen LogP contribution in [0.4, 0.5) is 0 Å². The van der Waals surface area contributed by atoms with Gasteiger partial charge in [-0.05, 0) is 116 Å². The van der Waals surface area contributed by atoms with Crippen molar-refractivity contribution in [2.45, 2.75) is 125 Å². The Balaban J connectivity index is 1.27. The number of Topliss-reactive ketones (excluding diaryl/α,β-unsaturated/α-hetero) is 1. The molecule has 1 heteroatoms. The van der Waals surface area contributed by atoms with E-state index in [1.807, 2.05) is 12.1 Å². The molecule has 222 valence electrons. The zero-order valence-electron chi connectivity index (χ0n) is 26.8. The Bertz CT molecular complexity index is 1190. The first-order valence-electron chi connectivity index (χ1n) is 17.1. The smallest absolute Gasteiger partial charge is 0.159 e. The van der Waals surface area contributed by atoms with Crippen LogP contribution in [0.15, 0.2) is 54.1 Å². The zero-order chi connectivity index (χ0) is 29.0. The minimum atomic E-state index is 0.140. The molecule has 0 radical (unpaired) electrons. The van der Waals surface area contributed by atoms with Gasteiger partial charge in [-0.15, -0.1) is 0 Å². The lowest BCUT2D eigenvalue weighted by Crippen LogP contribution is -2.26. The second kappa shape index (κ2) is 13.4. The van der Waals surface area contributed by atoms with Crippen molar-refractivity contribution in [2.24, 2.45) is 35.0 Å². The molecule has 41 heavy (non-hydrogen) atoms. The fraction of sp³-hybridized carbons (Fsp3) is 0.625. The van der Waals surface area contributed by atoms with Crippen LogP contribution in [0, 0.1) is 35.0 Å². The average Bonchev–Trinajstić information content (AvgIpc) is 3.25. The maximum absolute atomic E-state index is 11.8. The fourth-order valence-electron chi connectivity index (χ4n) is 9.07. The molecule has 5 atom stereocenters. The van der Waals surface area contributed by atoms with E-state index >= 15 is 0 Å². The van der Waals surface area contributed by atoms with Gasteiger partial charge in [0.25, 0.3) is 0 Å². The van der Waals surface area contributed by atoms with Crippen LogP contribution in [-0.4, -0.2) is 5.78 Å². The van der Waals surface area contributed by atoms with Crippen molar-refractivity contribution in [3.8, 4) is 0 Å². The van der Waals surface area contributed by atoms with Crippen LogP contribution in [-0.2, 0) is 12.8 Å². The number of carbonyl (C=O) groups is 1. The predicted molar refractivity (Wildman–Crippen MR) is 175 cm³/mol. The maximum Gasteiger partial charge on any atom is 0.159 e. The zero-order valence-corrected chi connectivity index (χ0v) is 26.8. The second-order valence-electron chi connectivity index (χ2n) is 14.9. The van der Waals surface area contributed by atoms with Crippen LogP contribution in [0.3, 0.4) is 0 Å². The van der Waals surface area contributed by atoms with E-state index in [9.17, 15) is 4.79 Å². The first kappa shape index (κ1) is 30.3. The summed E-state index contributed by atoms with van der Waals surface area (Å²) in [5.74, 6) is 4.16. The first-order valence-corrected chi connectivity index (χ1v) is 17.1. The number of rotatable bonds is 8. The van der Waals surface area contributed by atoms with Gasteiger partial charge in [0.2, 0.25) is 0 Å². The van der Waals surface area contributed by atoms with Crippen molar-refractivity contribution in [3.63, 3.8) is 0 Å². The lowest BCUT2D eigenvalue weighted by molar-refractivity contribution is 0.101. The summed E-state index contributed by atoms with van der Waals surface area (Å²) >= 11 is 0. The molecule has 2 fully saturated rings. The highest BCUT2D eigenvalue weighted by atomic mass is 16.1. The number of hydrogen-bond acceptors (Lipinski definition) is 1. The SMILES string of the molecule is CC(=O)c1ccc(CC2=C(C)C(C)C(CC3CCCC(C(C)CC4(C)CCCCC4)CC3)Cc3ccccc32)cc1. The Hall–Kier alpha value is -2.15. The molecule has 0 spiro atoms. The monoisotopic (exact) mass is 552 g/mol. The molecule has 0 N–H and O–H groups in total. The van der Waals surface area contributed by atoms with Gasteiger partial charge in [-0.25, -0.2) is 0 Å². The summed E-state index contributed by atoms with van der Waals surface area (Å²) in [4.78, 5) is 11.8. The molecule has 3 aliphatic rings. The van der Waals surface area contributed by atoms with Gasteiger partial charge in [-0.1, -0.05) is 120 Å². The van der Waals surface area contributed by atoms with E-state index in [-0.39, 0.29) is 5.78 Å². The summed E-state index contributed by atoms with van der Waals surface area (Å²) < 4.78 is 0. The molecule has 0 aliphatic heterocycles. The number of fused-ring (bicyclic) bond motifs is 1. The van der Waals surface area contributed by atoms with Gasteiger partial charge >= 0.3 is 0 Å². The van der Waals surface area contributed by atoms with Crippen molar-refractivity contribution in [1.82, 2.24) is 0 Å². The second-order valence-corrected chi connectivity index (χ2v) is 14.9. The third-order valence-electron chi connectivity index (χ3n) is 11.9. The molecule has 2 saturated carbocycles. The van der Waals surface area contributed by atoms with E-state index in [4.69, 9.17) is 0 Å². The first-order chi connectivity index (χ1) is 19.7. The van der Waals surface area contributed by atoms with Crippen molar-refractivity contribution in [3.05, 3.63) is 76.4 Å². The molecule has 2 aromatic rings. The van der Waals surface area contributed by atoms with Crippen molar-refractivity contribution in [1.29, 1.82) is 0 Å². The molecule has 3 aliphatic carbocycles. The van der Waals surface area contributed by atoms with Gasteiger partial charge in [-0.2, -0.15) is 0 Å². The maximum atomic E-state index is 11.8. The summed E-state index contributed by atoms with van der Waals surface area (Å²) in [6, 6.07) is 17.5. The van der Waals surface area contributed by atoms with Crippen LogP contribution >= 0.6 is 0 Å². The molecule has 0 saturated heterocycles. The number of carbonyl (C=O) groups excluding carboxylic acids is 1. The molecule has 0 amide bonds.